The Hall–Kier alpha value is -1.91. The Morgan fingerprint density at radius 3 is 2.42 bits per heavy atom. The number of benzene rings is 2. The van der Waals surface area contributed by atoms with Crippen LogP contribution in [0, 0.1) is 13.8 Å². The Kier molecular flexibility index (Phi) is 5.97. The van der Waals surface area contributed by atoms with E-state index in [1.165, 1.54) is 7.11 Å². The molecule has 128 valence electrons. The summed E-state index contributed by atoms with van der Waals surface area (Å²) in [5, 5.41) is 4.01. The van der Waals surface area contributed by atoms with Crippen LogP contribution in [0.25, 0.3) is 0 Å². The minimum atomic E-state index is -0.689. The molecule has 2 aromatic carbocycles. The zero-order chi connectivity index (χ0) is 17.9. The Morgan fingerprint density at radius 2 is 1.79 bits per heavy atom. The number of rotatable bonds is 5. The second kappa shape index (κ2) is 7.77. The summed E-state index contributed by atoms with van der Waals surface area (Å²) in [4.78, 5) is 12.4. The average molecular weight is 368 g/mol. The van der Waals surface area contributed by atoms with Crippen LogP contribution in [0.1, 0.15) is 18.1 Å². The number of ether oxygens (including phenoxy) is 2. The molecule has 4 nitrogen and oxygen atoms in total. The summed E-state index contributed by atoms with van der Waals surface area (Å²) in [7, 11) is 1.52. The molecule has 0 aliphatic carbocycles. The maximum absolute atomic E-state index is 12.4. The SMILES string of the molecule is COc1cc(Cl)c(C)cc1NC(=O)[C@H](C)Oc1ccc(Cl)cc1C. The second-order valence-corrected chi connectivity index (χ2v) is 6.30. The number of carbonyl (C=O) groups is 1. The number of carbonyl (C=O) groups excluding carboxylic acids is 1. The van der Waals surface area contributed by atoms with Crippen molar-refractivity contribution >= 4 is 34.8 Å². The maximum Gasteiger partial charge on any atom is 0.265 e. The van der Waals surface area contributed by atoms with Crippen LogP contribution >= 0.6 is 23.2 Å². The molecule has 0 spiro atoms. The zero-order valence-corrected chi connectivity index (χ0v) is 15.5. The summed E-state index contributed by atoms with van der Waals surface area (Å²) >= 11 is 12.0. The van der Waals surface area contributed by atoms with Crippen LogP contribution in [-0.4, -0.2) is 19.1 Å². The summed E-state index contributed by atoms with van der Waals surface area (Å²) in [6.07, 6.45) is -0.689. The smallest absolute Gasteiger partial charge is 0.265 e. The van der Waals surface area contributed by atoms with Gasteiger partial charge in [-0.2, -0.15) is 0 Å². The van der Waals surface area contributed by atoms with Gasteiger partial charge in [0.15, 0.2) is 6.10 Å². The molecule has 6 heteroatoms. The molecule has 0 fully saturated rings. The fourth-order valence-electron chi connectivity index (χ4n) is 2.15. The van der Waals surface area contributed by atoms with E-state index < -0.39 is 6.10 Å². The van der Waals surface area contributed by atoms with Gasteiger partial charge in [0, 0.05) is 16.1 Å². The van der Waals surface area contributed by atoms with Crippen molar-refractivity contribution in [2.75, 3.05) is 12.4 Å². The van der Waals surface area contributed by atoms with E-state index in [0.717, 1.165) is 11.1 Å². The van der Waals surface area contributed by atoms with Gasteiger partial charge in [0.25, 0.3) is 5.91 Å². The molecule has 0 aliphatic heterocycles. The molecule has 0 bridgehead atoms. The van der Waals surface area contributed by atoms with Crippen molar-refractivity contribution in [3.05, 3.63) is 51.5 Å². The highest BCUT2D eigenvalue weighted by molar-refractivity contribution is 6.31. The number of amides is 1. The van der Waals surface area contributed by atoms with E-state index in [4.69, 9.17) is 32.7 Å². The first-order valence-corrected chi connectivity index (χ1v) is 8.15. The van der Waals surface area contributed by atoms with Crippen molar-refractivity contribution in [3.63, 3.8) is 0 Å². The first kappa shape index (κ1) is 18.4. The Bertz CT molecular complexity index is 762. The van der Waals surface area contributed by atoms with Gasteiger partial charge in [-0.05, 0) is 56.2 Å². The first-order valence-electron chi connectivity index (χ1n) is 7.39. The van der Waals surface area contributed by atoms with Crippen LogP contribution in [0.5, 0.6) is 11.5 Å². The van der Waals surface area contributed by atoms with E-state index in [0.29, 0.717) is 27.2 Å². The van der Waals surface area contributed by atoms with Crippen molar-refractivity contribution in [1.82, 2.24) is 0 Å². The van der Waals surface area contributed by atoms with Crippen LogP contribution in [0.4, 0.5) is 5.69 Å². The van der Waals surface area contributed by atoms with E-state index in [1.807, 2.05) is 13.8 Å². The lowest BCUT2D eigenvalue weighted by atomic mass is 10.2. The van der Waals surface area contributed by atoms with Crippen molar-refractivity contribution in [1.29, 1.82) is 0 Å². The lowest BCUT2D eigenvalue weighted by Crippen LogP contribution is -2.30. The Balaban J connectivity index is 2.13. The van der Waals surface area contributed by atoms with Crippen molar-refractivity contribution < 1.29 is 14.3 Å². The number of methoxy groups -OCH3 is 1. The van der Waals surface area contributed by atoms with E-state index in [-0.39, 0.29) is 5.91 Å². The molecule has 0 unspecified atom stereocenters. The largest absolute Gasteiger partial charge is 0.495 e. The summed E-state index contributed by atoms with van der Waals surface area (Å²) < 4.78 is 11.0. The number of hydrogen-bond donors (Lipinski definition) is 1. The van der Waals surface area contributed by atoms with E-state index in [9.17, 15) is 4.79 Å². The highest BCUT2D eigenvalue weighted by atomic mass is 35.5. The summed E-state index contributed by atoms with van der Waals surface area (Å²) in [6.45, 7) is 5.41. The van der Waals surface area contributed by atoms with E-state index >= 15 is 0 Å². The van der Waals surface area contributed by atoms with Crippen LogP contribution in [0.2, 0.25) is 10.0 Å². The topological polar surface area (TPSA) is 47.6 Å². The van der Waals surface area contributed by atoms with Gasteiger partial charge in [-0.25, -0.2) is 0 Å². The van der Waals surface area contributed by atoms with Crippen LogP contribution in [0.15, 0.2) is 30.3 Å². The Morgan fingerprint density at radius 1 is 1.08 bits per heavy atom. The maximum atomic E-state index is 12.4. The predicted octanol–water partition coefficient (Wildman–Crippen LogP) is 5.02. The van der Waals surface area contributed by atoms with Gasteiger partial charge < -0.3 is 14.8 Å². The van der Waals surface area contributed by atoms with Gasteiger partial charge in [-0.3, -0.25) is 4.79 Å². The molecular formula is C18H19Cl2NO3. The molecule has 1 N–H and O–H groups in total. The Labute approximate surface area is 151 Å². The number of halogens is 2. The zero-order valence-electron chi connectivity index (χ0n) is 13.9. The minimum Gasteiger partial charge on any atom is -0.495 e. The fraction of sp³-hybridized carbons (Fsp3) is 0.278. The standard InChI is InChI=1S/C18H19Cl2NO3/c1-10-8-15(17(23-4)9-14(10)20)21-18(22)12(3)24-16-6-5-13(19)7-11(16)2/h5-9,12H,1-4H3,(H,21,22)/t12-/m0/s1. The molecule has 0 saturated heterocycles. The normalized spacial score (nSPS) is 11.8. The predicted molar refractivity (Wildman–Crippen MR) is 97.6 cm³/mol. The number of aryl methyl sites for hydroxylation is 2. The lowest BCUT2D eigenvalue weighted by Gasteiger charge is -2.18. The second-order valence-electron chi connectivity index (χ2n) is 5.46. The number of nitrogens with one attached hydrogen (secondary N) is 1. The monoisotopic (exact) mass is 367 g/mol. The van der Waals surface area contributed by atoms with Gasteiger partial charge in [-0.15, -0.1) is 0 Å². The molecular weight excluding hydrogens is 349 g/mol. The number of anilines is 1. The van der Waals surface area contributed by atoms with Gasteiger partial charge in [0.2, 0.25) is 0 Å². The first-order chi connectivity index (χ1) is 11.3. The minimum absolute atomic E-state index is 0.288. The quantitative estimate of drug-likeness (QED) is 0.806. The molecule has 2 aromatic rings. The van der Waals surface area contributed by atoms with Gasteiger partial charge >= 0.3 is 0 Å². The molecule has 2 rings (SSSR count). The third-order valence-electron chi connectivity index (χ3n) is 3.55. The van der Waals surface area contributed by atoms with E-state index in [2.05, 4.69) is 5.32 Å². The fourth-order valence-corrected chi connectivity index (χ4v) is 2.53. The van der Waals surface area contributed by atoms with E-state index in [1.54, 1.807) is 37.3 Å². The molecule has 0 saturated carbocycles. The molecule has 0 heterocycles. The molecule has 24 heavy (non-hydrogen) atoms. The highest BCUT2D eigenvalue weighted by Gasteiger charge is 2.18. The third-order valence-corrected chi connectivity index (χ3v) is 4.19. The van der Waals surface area contributed by atoms with Gasteiger partial charge in [-0.1, -0.05) is 23.2 Å². The summed E-state index contributed by atoms with van der Waals surface area (Å²) in [5.74, 6) is 0.819. The lowest BCUT2D eigenvalue weighted by molar-refractivity contribution is -0.122. The van der Waals surface area contributed by atoms with Crippen LogP contribution in [-0.2, 0) is 4.79 Å². The third kappa shape index (κ3) is 4.34. The molecule has 0 aliphatic rings. The summed E-state index contributed by atoms with van der Waals surface area (Å²) in [5.41, 5.74) is 2.25. The van der Waals surface area contributed by atoms with Crippen molar-refractivity contribution in [3.8, 4) is 11.5 Å². The summed E-state index contributed by atoms with van der Waals surface area (Å²) in [6, 6.07) is 8.68. The van der Waals surface area contributed by atoms with Gasteiger partial charge in [0.05, 0.1) is 12.8 Å². The molecule has 0 radical (unpaired) electrons. The van der Waals surface area contributed by atoms with Crippen molar-refractivity contribution in [2.24, 2.45) is 0 Å². The number of hydrogen-bond acceptors (Lipinski definition) is 3. The average Bonchev–Trinajstić information content (AvgIpc) is 2.53. The van der Waals surface area contributed by atoms with Gasteiger partial charge in [0.1, 0.15) is 11.5 Å². The molecule has 0 aromatic heterocycles. The van der Waals surface area contributed by atoms with Crippen LogP contribution < -0.4 is 14.8 Å². The highest BCUT2D eigenvalue weighted by Crippen LogP contribution is 2.31. The molecule has 1 amide bonds. The van der Waals surface area contributed by atoms with Crippen LogP contribution in [0.3, 0.4) is 0 Å². The molecule has 1 atom stereocenters. The van der Waals surface area contributed by atoms with Crippen molar-refractivity contribution in [2.45, 2.75) is 26.9 Å².